The first-order valence-corrected chi connectivity index (χ1v) is 2.74. The predicted octanol–water partition coefficient (Wildman–Crippen LogP) is 0.431. The van der Waals surface area contributed by atoms with E-state index in [2.05, 4.69) is 11.4 Å². The minimum Gasteiger partial charge on any atom is -0.477 e. The van der Waals surface area contributed by atoms with Gasteiger partial charge in [0.25, 0.3) is 0 Å². The van der Waals surface area contributed by atoms with Gasteiger partial charge in [0.2, 0.25) is 5.57 Å². The van der Waals surface area contributed by atoms with Gasteiger partial charge in [-0.15, -0.1) is 0 Å². The summed E-state index contributed by atoms with van der Waals surface area (Å²) in [5, 5.41) is 11.0. The second kappa shape index (κ2) is 2.80. The Labute approximate surface area is 58.4 Å². The average Bonchev–Trinajstić information content (AvgIpc) is 2.34. The third-order valence-electron chi connectivity index (χ3n) is 0.966. The Bertz CT molecular complexity index is 226. The van der Waals surface area contributed by atoms with Crippen molar-refractivity contribution < 1.29 is 9.90 Å². The van der Waals surface area contributed by atoms with E-state index < -0.39 is 5.97 Å². The van der Waals surface area contributed by atoms with Crippen LogP contribution in [0, 0.1) is 6.08 Å². The molecule has 0 aromatic rings. The van der Waals surface area contributed by atoms with Gasteiger partial charge in [-0.05, 0) is 0 Å². The fourth-order valence-corrected chi connectivity index (χ4v) is 0.555. The second-order valence-electron chi connectivity index (χ2n) is 1.73. The maximum Gasteiger partial charge on any atom is 0.341 e. The Morgan fingerprint density at radius 2 is 2.60 bits per heavy atom. The van der Waals surface area contributed by atoms with Gasteiger partial charge < -0.3 is 5.11 Å². The highest BCUT2D eigenvalue weighted by Gasteiger charge is 2.03. The number of allylic oxidation sites excluding steroid dienone is 3. The first-order chi connectivity index (χ1) is 4.79. The number of aliphatic carboxylic acids is 1. The molecule has 0 saturated heterocycles. The Balaban J connectivity index is 2.53. The highest BCUT2D eigenvalue weighted by atomic mass is 16.4. The van der Waals surface area contributed by atoms with Crippen LogP contribution in [0.15, 0.2) is 30.1 Å². The molecule has 0 saturated carbocycles. The molecule has 0 spiro atoms. The van der Waals surface area contributed by atoms with Crippen molar-refractivity contribution in [1.29, 1.82) is 0 Å². The van der Waals surface area contributed by atoms with E-state index >= 15 is 0 Å². The van der Waals surface area contributed by atoms with Gasteiger partial charge in [0.1, 0.15) is 12.4 Å². The van der Waals surface area contributed by atoms with Crippen LogP contribution >= 0.6 is 0 Å². The van der Waals surface area contributed by atoms with Crippen LogP contribution in [-0.4, -0.2) is 11.1 Å². The minimum atomic E-state index is -0.949. The third-order valence-corrected chi connectivity index (χ3v) is 0.966. The SMILES string of the molecule is O=C(O)C=CC1=CNC=[C+]1. The van der Waals surface area contributed by atoms with E-state index in [9.17, 15) is 4.79 Å². The van der Waals surface area contributed by atoms with Crippen molar-refractivity contribution in [3.05, 3.63) is 36.2 Å². The predicted molar refractivity (Wildman–Crippen MR) is 35.8 cm³/mol. The van der Waals surface area contributed by atoms with Gasteiger partial charge in [0.05, 0.1) is 18.2 Å². The van der Waals surface area contributed by atoms with Crippen molar-refractivity contribution in [1.82, 2.24) is 5.32 Å². The summed E-state index contributed by atoms with van der Waals surface area (Å²) < 4.78 is 0. The summed E-state index contributed by atoms with van der Waals surface area (Å²) in [5.41, 5.74) is 0.738. The van der Waals surface area contributed by atoms with Gasteiger partial charge in [0, 0.05) is 0 Å². The average molecular weight is 136 g/mol. The molecule has 1 rings (SSSR count). The number of carbonyl (C=O) groups is 1. The fourth-order valence-electron chi connectivity index (χ4n) is 0.555. The number of hydrogen-bond donors (Lipinski definition) is 2. The molecular weight excluding hydrogens is 130 g/mol. The highest BCUT2D eigenvalue weighted by Crippen LogP contribution is 2.00. The molecule has 50 valence electrons. The van der Waals surface area contributed by atoms with E-state index in [-0.39, 0.29) is 0 Å². The molecule has 0 unspecified atom stereocenters. The van der Waals surface area contributed by atoms with Gasteiger partial charge >= 0.3 is 5.97 Å². The maximum atomic E-state index is 9.98. The van der Waals surface area contributed by atoms with E-state index in [0.717, 1.165) is 11.6 Å². The lowest BCUT2D eigenvalue weighted by Crippen LogP contribution is -1.86. The van der Waals surface area contributed by atoms with Crippen LogP contribution < -0.4 is 5.32 Å². The molecule has 0 radical (unpaired) electrons. The van der Waals surface area contributed by atoms with Crippen LogP contribution in [0.25, 0.3) is 0 Å². The lowest BCUT2D eigenvalue weighted by Gasteiger charge is -1.72. The number of rotatable bonds is 2. The molecule has 0 fully saturated rings. The van der Waals surface area contributed by atoms with Crippen molar-refractivity contribution in [2.75, 3.05) is 0 Å². The number of hydrogen-bond acceptors (Lipinski definition) is 2. The summed E-state index contributed by atoms with van der Waals surface area (Å²) in [6.07, 6.45) is 8.61. The molecule has 2 N–H and O–H groups in total. The van der Waals surface area contributed by atoms with Gasteiger partial charge in [-0.2, -0.15) is 0 Å². The van der Waals surface area contributed by atoms with E-state index in [1.54, 1.807) is 12.4 Å². The molecule has 0 aliphatic carbocycles. The van der Waals surface area contributed by atoms with Gasteiger partial charge in [-0.3, -0.25) is 5.32 Å². The molecule has 1 heterocycles. The Hall–Kier alpha value is -1.60. The third kappa shape index (κ3) is 1.73. The summed E-state index contributed by atoms with van der Waals surface area (Å²) in [7, 11) is 0. The minimum absolute atomic E-state index is 0.738. The second-order valence-corrected chi connectivity index (χ2v) is 1.73. The van der Waals surface area contributed by atoms with Crippen molar-refractivity contribution in [2.45, 2.75) is 0 Å². The molecule has 1 aliphatic heterocycles. The molecule has 10 heavy (non-hydrogen) atoms. The maximum absolute atomic E-state index is 9.98. The number of nitrogens with one attached hydrogen (secondary N) is 1. The van der Waals surface area contributed by atoms with Crippen molar-refractivity contribution in [2.24, 2.45) is 0 Å². The summed E-state index contributed by atoms with van der Waals surface area (Å²) in [6.45, 7) is 0. The lowest BCUT2D eigenvalue weighted by molar-refractivity contribution is -0.131. The van der Waals surface area contributed by atoms with Crippen molar-refractivity contribution in [3.8, 4) is 0 Å². The van der Waals surface area contributed by atoms with Crippen molar-refractivity contribution >= 4 is 5.97 Å². The molecule has 0 bridgehead atoms. The van der Waals surface area contributed by atoms with Crippen LogP contribution in [-0.2, 0) is 4.79 Å². The largest absolute Gasteiger partial charge is 0.477 e. The number of carboxylic acid groups (broad SMARTS) is 1. The first kappa shape index (κ1) is 6.52. The molecule has 1 aliphatic rings. The van der Waals surface area contributed by atoms with Gasteiger partial charge in [-0.25, -0.2) is 4.79 Å². The summed E-state index contributed by atoms with van der Waals surface area (Å²) in [4.78, 5) is 9.98. The monoisotopic (exact) mass is 136 g/mol. The number of carboxylic acids is 1. The molecule has 0 aromatic heterocycles. The smallest absolute Gasteiger partial charge is 0.341 e. The van der Waals surface area contributed by atoms with Crippen LogP contribution in [0.2, 0.25) is 0 Å². The van der Waals surface area contributed by atoms with Gasteiger partial charge in [0.15, 0.2) is 0 Å². The molecule has 3 heteroatoms. The topological polar surface area (TPSA) is 49.3 Å². The molecular formula is C7H6NO2+. The molecule has 0 atom stereocenters. The summed E-state index contributed by atoms with van der Waals surface area (Å²) in [5.74, 6) is -0.949. The standard InChI is InChI=1S/C7H5NO2/c9-7(10)2-1-6-3-4-8-5-6/h1-2,4-5,8H/p+1. The Kier molecular flexibility index (Phi) is 1.83. The molecule has 0 amide bonds. The normalized spacial score (nSPS) is 14.6. The quantitative estimate of drug-likeness (QED) is 0.427. The van der Waals surface area contributed by atoms with E-state index in [1.165, 1.54) is 6.08 Å². The van der Waals surface area contributed by atoms with Crippen LogP contribution in [0.4, 0.5) is 0 Å². The fraction of sp³-hybridized carbons (Fsp3) is 0. The summed E-state index contributed by atoms with van der Waals surface area (Å²) in [6, 6.07) is 0. The van der Waals surface area contributed by atoms with Crippen LogP contribution in [0.3, 0.4) is 0 Å². The van der Waals surface area contributed by atoms with Crippen LogP contribution in [0.1, 0.15) is 0 Å². The van der Waals surface area contributed by atoms with Gasteiger partial charge in [-0.1, -0.05) is 0 Å². The van der Waals surface area contributed by atoms with Crippen molar-refractivity contribution in [3.63, 3.8) is 0 Å². The Morgan fingerprint density at radius 1 is 1.80 bits per heavy atom. The first-order valence-electron chi connectivity index (χ1n) is 2.74. The lowest BCUT2D eigenvalue weighted by atomic mass is 10.3. The zero-order valence-electron chi connectivity index (χ0n) is 5.16. The van der Waals surface area contributed by atoms with Crippen LogP contribution in [0.5, 0.6) is 0 Å². The van der Waals surface area contributed by atoms with E-state index in [1.807, 2.05) is 0 Å². The highest BCUT2D eigenvalue weighted by molar-refractivity contribution is 5.80. The zero-order chi connectivity index (χ0) is 7.40. The Morgan fingerprint density at radius 3 is 3.10 bits per heavy atom. The molecule has 3 nitrogen and oxygen atoms in total. The van der Waals surface area contributed by atoms with E-state index in [4.69, 9.17) is 5.11 Å². The molecule has 0 aromatic carbocycles. The van der Waals surface area contributed by atoms with E-state index in [0.29, 0.717) is 0 Å². The summed E-state index contributed by atoms with van der Waals surface area (Å²) >= 11 is 0. The zero-order valence-corrected chi connectivity index (χ0v) is 5.16.